The summed E-state index contributed by atoms with van der Waals surface area (Å²) in [6.45, 7) is 3.19. The van der Waals surface area contributed by atoms with Gasteiger partial charge in [-0.2, -0.15) is 0 Å². The number of nitrogens with one attached hydrogen (secondary N) is 2. The molecule has 0 radical (unpaired) electrons. The van der Waals surface area contributed by atoms with Crippen LogP contribution in [0.1, 0.15) is 67.7 Å². The van der Waals surface area contributed by atoms with E-state index in [-0.39, 0.29) is 29.0 Å². The van der Waals surface area contributed by atoms with Crippen molar-refractivity contribution >= 4 is 40.2 Å². The van der Waals surface area contributed by atoms with Gasteiger partial charge in [0.05, 0.1) is 5.25 Å². The molecular weight excluding hydrogens is 442 g/mol. The van der Waals surface area contributed by atoms with Gasteiger partial charge in [-0.05, 0) is 56.9 Å². The summed E-state index contributed by atoms with van der Waals surface area (Å²) in [5.74, 6) is 0.544. The second kappa shape index (κ2) is 8.26. The van der Waals surface area contributed by atoms with E-state index >= 15 is 0 Å². The number of aromatic nitrogens is 4. The fraction of sp³-hybridized carbons (Fsp3) is 0.391. The summed E-state index contributed by atoms with van der Waals surface area (Å²) in [5, 5.41) is 2.83. The minimum Gasteiger partial charge on any atom is -0.326 e. The van der Waals surface area contributed by atoms with Crippen molar-refractivity contribution in [2.75, 3.05) is 5.32 Å². The van der Waals surface area contributed by atoms with Crippen LogP contribution in [0.3, 0.4) is 0 Å². The van der Waals surface area contributed by atoms with Crippen molar-refractivity contribution < 1.29 is 9.59 Å². The number of hydrogen-bond donors (Lipinski definition) is 2. The first-order valence-electron chi connectivity index (χ1n) is 11.0. The topological polar surface area (TPSA) is 127 Å². The molecule has 0 spiro atoms. The van der Waals surface area contributed by atoms with Crippen LogP contribution < -0.4 is 16.6 Å². The first-order valence-corrected chi connectivity index (χ1v) is 11.8. The van der Waals surface area contributed by atoms with E-state index in [0.717, 1.165) is 25.7 Å². The van der Waals surface area contributed by atoms with Crippen LogP contribution in [-0.2, 0) is 4.79 Å². The minimum absolute atomic E-state index is 0.0397. The van der Waals surface area contributed by atoms with E-state index in [2.05, 4.69) is 20.3 Å². The molecule has 2 aliphatic rings. The predicted molar refractivity (Wildman–Crippen MR) is 125 cm³/mol. The molecule has 0 bridgehead atoms. The van der Waals surface area contributed by atoms with Crippen molar-refractivity contribution in [1.82, 2.24) is 19.5 Å². The van der Waals surface area contributed by atoms with Crippen molar-refractivity contribution in [1.29, 1.82) is 0 Å². The van der Waals surface area contributed by atoms with Crippen LogP contribution in [0.25, 0.3) is 11.0 Å². The molecule has 2 aliphatic carbocycles. The van der Waals surface area contributed by atoms with E-state index in [4.69, 9.17) is 0 Å². The van der Waals surface area contributed by atoms with Crippen LogP contribution in [0.2, 0.25) is 0 Å². The zero-order valence-corrected chi connectivity index (χ0v) is 19.1. The summed E-state index contributed by atoms with van der Waals surface area (Å²) in [7, 11) is 0. The van der Waals surface area contributed by atoms with Crippen LogP contribution in [0.15, 0.2) is 38.9 Å². The zero-order chi connectivity index (χ0) is 23.3. The maximum Gasteiger partial charge on any atom is 0.330 e. The van der Waals surface area contributed by atoms with Crippen LogP contribution in [-0.4, -0.2) is 36.5 Å². The number of Topliss-reactive ketones (excluding diaryl/α,β-unsaturated/α-hetero) is 1. The lowest BCUT2D eigenvalue weighted by molar-refractivity contribution is -0.114. The molecule has 33 heavy (non-hydrogen) atoms. The number of nitrogens with zero attached hydrogens (tertiary/aromatic N) is 3. The summed E-state index contributed by atoms with van der Waals surface area (Å²) >= 11 is 1.21. The highest BCUT2D eigenvalue weighted by atomic mass is 32.2. The van der Waals surface area contributed by atoms with Gasteiger partial charge in [-0.3, -0.25) is 23.9 Å². The number of ketones is 1. The molecule has 2 saturated carbocycles. The Morgan fingerprint density at radius 1 is 1.12 bits per heavy atom. The average Bonchev–Trinajstić information content (AvgIpc) is 3.66. The number of aromatic amines is 1. The normalized spacial score (nSPS) is 16.5. The van der Waals surface area contributed by atoms with Gasteiger partial charge in [-0.25, -0.2) is 14.8 Å². The highest BCUT2D eigenvalue weighted by Gasteiger charge is 2.33. The first kappa shape index (κ1) is 21.6. The maximum atomic E-state index is 13.1. The van der Waals surface area contributed by atoms with E-state index in [1.807, 2.05) is 0 Å². The van der Waals surface area contributed by atoms with E-state index in [1.165, 1.54) is 18.7 Å². The summed E-state index contributed by atoms with van der Waals surface area (Å²) in [6.07, 6.45) is 3.69. The Bertz CT molecular complexity index is 1390. The average molecular weight is 466 g/mol. The summed E-state index contributed by atoms with van der Waals surface area (Å²) in [5.41, 5.74) is 0.490. The largest absolute Gasteiger partial charge is 0.330 e. The first-order chi connectivity index (χ1) is 15.8. The number of rotatable bonds is 7. The Hall–Kier alpha value is -3.27. The lowest BCUT2D eigenvalue weighted by Gasteiger charge is -2.14. The molecule has 0 unspecified atom stereocenters. The van der Waals surface area contributed by atoms with E-state index in [0.29, 0.717) is 27.7 Å². The summed E-state index contributed by atoms with van der Waals surface area (Å²) in [4.78, 5) is 61.3. The number of anilines is 1. The molecule has 2 heterocycles. The molecule has 1 atom stereocenters. The Morgan fingerprint density at radius 2 is 1.82 bits per heavy atom. The molecule has 5 rings (SSSR count). The van der Waals surface area contributed by atoms with Gasteiger partial charge in [0, 0.05) is 30.1 Å². The molecular formula is C23H23N5O4S. The van der Waals surface area contributed by atoms with Crippen LogP contribution in [0, 0.1) is 0 Å². The zero-order valence-electron chi connectivity index (χ0n) is 18.3. The van der Waals surface area contributed by atoms with Crippen molar-refractivity contribution in [2.45, 2.75) is 61.8 Å². The van der Waals surface area contributed by atoms with E-state index in [1.54, 1.807) is 35.8 Å². The van der Waals surface area contributed by atoms with Gasteiger partial charge in [0.1, 0.15) is 16.2 Å². The third-order valence-corrected chi connectivity index (χ3v) is 6.86. The third-order valence-electron chi connectivity index (χ3n) is 5.77. The Morgan fingerprint density at radius 3 is 2.42 bits per heavy atom. The lowest BCUT2D eigenvalue weighted by Crippen LogP contribution is -2.31. The number of carbonyl (C=O) groups excluding carboxylic acids is 2. The number of amides is 1. The smallest absolute Gasteiger partial charge is 0.326 e. The van der Waals surface area contributed by atoms with E-state index in [9.17, 15) is 19.2 Å². The van der Waals surface area contributed by atoms with Crippen molar-refractivity contribution in [3.8, 4) is 0 Å². The molecule has 2 fully saturated rings. The standard InChI is InChI=1S/C23H23N5O4S/c1-11(18(30)13-5-7-15(8-6-13)24-12(2)29)33-22-17-20(25-19(26-22)14-3-4-14)28(16-9-10-16)23(32)27-21(17)31/h5-8,11,14,16H,3-4,9-10H2,1-2H3,(H,24,29)(H,27,31,32)/t11-/m0/s1. The van der Waals surface area contributed by atoms with Gasteiger partial charge >= 0.3 is 5.69 Å². The number of carbonyl (C=O) groups is 2. The van der Waals surface area contributed by atoms with Gasteiger partial charge in [-0.1, -0.05) is 11.8 Å². The Kier molecular flexibility index (Phi) is 5.40. The second-order valence-electron chi connectivity index (χ2n) is 8.60. The van der Waals surface area contributed by atoms with Crippen molar-refractivity contribution in [3.63, 3.8) is 0 Å². The molecule has 2 N–H and O–H groups in total. The monoisotopic (exact) mass is 465 g/mol. The number of H-pyrrole nitrogens is 1. The molecule has 10 heteroatoms. The third kappa shape index (κ3) is 4.35. The molecule has 3 aromatic rings. The maximum absolute atomic E-state index is 13.1. The van der Waals surface area contributed by atoms with E-state index < -0.39 is 16.5 Å². The molecule has 170 valence electrons. The highest BCUT2D eigenvalue weighted by Crippen LogP contribution is 2.41. The Labute approximate surface area is 193 Å². The van der Waals surface area contributed by atoms with Gasteiger partial charge in [0.15, 0.2) is 11.4 Å². The van der Waals surface area contributed by atoms with Gasteiger partial charge in [-0.15, -0.1) is 0 Å². The molecule has 1 aromatic carbocycles. The quantitative estimate of drug-likeness (QED) is 0.312. The molecule has 2 aromatic heterocycles. The molecule has 0 saturated heterocycles. The van der Waals surface area contributed by atoms with Crippen LogP contribution in [0.4, 0.5) is 5.69 Å². The molecule has 0 aliphatic heterocycles. The lowest BCUT2D eigenvalue weighted by atomic mass is 10.1. The van der Waals surface area contributed by atoms with Crippen LogP contribution >= 0.6 is 11.8 Å². The number of fused-ring (bicyclic) bond motifs is 1. The van der Waals surface area contributed by atoms with Gasteiger partial charge in [0.25, 0.3) is 5.56 Å². The van der Waals surface area contributed by atoms with Gasteiger partial charge in [0.2, 0.25) is 5.91 Å². The van der Waals surface area contributed by atoms with Crippen LogP contribution in [0.5, 0.6) is 0 Å². The van der Waals surface area contributed by atoms with Crippen molar-refractivity contribution in [3.05, 3.63) is 56.5 Å². The fourth-order valence-corrected chi connectivity index (χ4v) is 4.82. The molecule has 9 nitrogen and oxygen atoms in total. The number of benzene rings is 1. The number of thioether (sulfide) groups is 1. The Balaban J connectivity index is 1.51. The summed E-state index contributed by atoms with van der Waals surface area (Å²) in [6, 6.07) is 6.72. The van der Waals surface area contributed by atoms with Crippen molar-refractivity contribution in [2.24, 2.45) is 0 Å². The van der Waals surface area contributed by atoms with Gasteiger partial charge < -0.3 is 5.32 Å². The number of hydrogen-bond acceptors (Lipinski definition) is 7. The minimum atomic E-state index is -0.531. The SMILES string of the molecule is CC(=O)Nc1ccc(C(=O)[C@H](C)Sc2nc(C3CC3)nc3c2c(=O)[nH]c(=O)n3C2CC2)cc1. The fourth-order valence-electron chi connectivity index (χ4n) is 3.79. The summed E-state index contributed by atoms with van der Waals surface area (Å²) < 4.78 is 1.57. The molecule has 1 amide bonds. The second-order valence-corrected chi connectivity index (χ2v) is 9.93. The predicted octanol–water partition coefficient (Wildman–Crippen LogP) is 3.01. The highest BCUT2D eigenvalue weighted by molar-refractivity contribution is 8.00.